The summed E-state index contributed by atoms with van der Waals surface area (Å²) in [5.74, 6) is -1.21. The molecule has 0 rings (SSSR count). The van der Waals surface area contributed by atoms with Crippen LogP contribution < -0.4 is 4.72 Å². The molecule has 0 aromatic carbocycles. The van der Waals surface area contributed by atoms with E-state index in [0.717, 1.165) is 6.08 Å². The molecule has 0 saturated heterocycles. The number of halogens is 3. The van der Waals surface area contributed by atoms with E-state index in [1.165, 1.54) is 11.6 Å². The molecule has 0 unspecified atom stereocenters. The Labute approximate surface area is 90.0 Å². The lowest BCUT2D eigenvalue weighted by atomic mass is 10.2. The maximum Gasteiger partial charge on any atom is 0.511 e. The van der Waals surface area contributed by atoms with E-state index in [1.54, 1.807) is 0 Å². The number of carbonyl (C=O) groups is 1. The summed E-state index contributed by atoms with van der Waals surface area (Å²) in [5, 5.41) is 8.38. The first kappa shape index (κ1) is 14.9. The third kappa shape index (κ3) is 4.62. The molecule has 0 atom stereocenters. The highest BCUT2D eigenvalue weighted by molar-refractivity contribution is 7.90. The molecule has 2 N–H and O–H groups in total. The lowest BCUT2D eigenvalue weighted by Crippen LogP contribution is -2.36. The van der Waals surface area contributed by atoms with Crippen molar-refractivity contribution in [3.05, 3.63) is 11.6 Å². The van der Waals surface area contributed by atoms with Crippen LogP contribution in [0, 0.1) is 0 Å². The van der Waals surface area contributed by atoms with Crippen LogP contribution in [-0.4, -0.2) is 31.5 Å². The van der Waals surface area contributed by atoms with Gasteiger partial charge >= 0.3 is 21.5 Å². The van der Waals surface area contributed by atoms with Gasteiger partial charge in [0, 0.05) is 12.1 Å². The fourth-order valence-corrected chi connectivity index (χ4v) is 1.20. The number of sulfonamides is 1. The first-order valence-corrected chi connectivity index (χ1v) is 5.52. The van der Waals surface area contributed by atoms with Crippen molar-refractivity contribution >= 4 is 16.0 Å². The zero-order valence-corrected chi connectivity index (χ0v) is 9.02. The molecule has 94 valence electrons. The molecule has 5 nitrogen and oxygen atoms in total. The van der Waals surface area contributed by atoms with Crippen molar-refractivity contribution in [2.75, 3.05) is 6.54 Å². The summed E-state index contributed by atoms with van der Waals surface area (Å²) < 4.78 is 57.6. The molecule has 0 aliphatic rings. The van der Waals surface area contributed by atoms with Gasteiger partial charge in [0.25, 0.3) is 0 Å². The minimum Gasteiger partial charge on any atom is -0.478 e. The van der Waals surface area contributed by atoms with Gasteiger partial charge in [0.2, 0.25) is 0 Å². The van der Waals surface area contributed by atoms with Crippen molar-refractivity contribution < 1.29 is 31.5 Å². The number of alkyl halides is 3. The molecule has 0 spiro atoms. The van der Waals surface area contributed by atoms with E-state index < -0.39 is 28.0 Å². The van der Waals surface area contributed by atoms with Crippen LogP contribution in [0.5, 0.6) is 0 Å². The van der Waals surface area contributed by atoms with E-state index >= 15 is 0 Å². The van der Waals surface area contributed by atoms with Gasteiger partial charge in [-0.3, -0.25) is 0 Å². The highest BCUT2D eigenvalue weighted by Gasteiger charge is 2.45. The van der Waals surface area contributed by atoms with Crippen LogP contribution in [0.1, 0.15) is 13.3 Å². The zero-order valence-electron chi connectivity index (χ0n) is 8.21. The number of nitrogens with one attached hydrogen (secondary N) is 1. The molecule has 0 aromatic heterocycles. The predicted octanol–water partition coefficient (Wildman–Crippen LogP) is 0.847. The predicted molar refractivity (Wildman–Crippen MR) is 49.0 cm³/mol. The van der Waals surface area contributed by atoms with E-state index in [4.69, 9.17) is 5.11 Å². The monoisotopic (exact) mass is 261 g/mol. The summed E-state index contributed by atoms with van der Waals surface area (Å²) in [7, 11) is -5.34. The van der Waals surface area contributed by atoms with Crippen molar-refractivity contribution in [2.24, 2.45) is 0 Å². The number of hydrogen-bond donors (Lipinski definition) is 2. The molecular formula is C7H10F3NO4S. The van der Waals surface area contributed by atoms with E-state index in [9.17, 15) is 26.4 Å². The smallest absolute Gasteiger partial charge is 0.478 e. The van der Waals surface area contributed by atoms with Gasteiger partial charge in [-0.15, -0.1) is 0 Å². The maximum atomic E-state index is 11.8. The van der Waals surface area contributed by atoms with E-state index in [2.05, 4.69) is 0 Å². The van der Waals surface area contributed by atoms with Gasteiger partial charge in [-0.05, 0) is 13.3 Å². The van der Waals surface area contributed by atoms with E-state index in [-0.39, 0.29) is 12.0 Å². The third-order valence-corrected chi connectivity index (χ3v) is 2.72. The Hall–Kier alpha value is -1.09. The van der Waals surface area contributed by atoms with Gasteiger partial charge in [-0.25, -0.2) is 17.9 Å². The van der Waals surface area contributed by atoms with Gasteiger partial charge in [0.15, 0.2) is 0 Å². The van der Waals surface area contributed by atoms with Crippen molar-refractivity contribution in [1.82, 2.24) is 4.72 Å². The van der Waals surface area contributed by atoms with Gasteiger partial charge in [0.1, 0.15) is 0 Å². The first-order valence-electron chi connectivity index (χ1n) is 4.04. The van der Waals surface area contributed by atoms with Gasteiger partial charge in [0.05, 0.1) is 0 Å². The fraction of sp³-hybridized carbons (Fsp3) is 0.571. The van der Waals surface area contributed by atoms with Gasteiger partial charge < -0.3 is 5.11 Å². The SMILES string of the molecule is C/C(=C\CCNS(=O)(=O)C(F)(F)F)C(=O)O. The molecular weight excluding hydrogens is 251 g/mol. The lowest BCUT2D eigenvalue weighted by molar-refractivity contribution is -0.132. The first-order chi connectivity index (χ1) is 7.08. The summed E-state index contributed by atoms with van der Waals surface area (Å²) in [6.07, 6.45) is 0.995. The summed E-state index contributed by atoms with van der Waals surface area (Å²) >= 11 is 0. The number of aliphatic carboxylic acids is 1. The third-order valence-electron chi connectivity index (χ3n) is 1.53. The second kappa shape index (κ2) is 5.30. The Kier molecular flexibility index (Phi) is 4.94. The molecule has 0 amide bonds. The highest BCUT2D eigenvalue weighted by atomic mass is 32.2. The normalized spacial score (nSPS) is 13.9. The number of carboxylic acid groups (broad SMARTS) is 1. The van der Waals surface area contributed by atoms with Crippen molar-refractivity contribution in [3.8, 4) is 0 Å². The van der Waals surface area contributed by atoms with E-state index in [0.29, 0.717) is 0 Å². The maximum absolute atomic E-state index is 11.8. The summed E-state index contributed by atoms with van der Waals surface area (Å²) in [4.78, 5) is 10.3. The second-order valence-corrected chi connectivity index (χ2v) is 4.58. The Morgan fingerprint density at radius 3 is 2.31 bits per heavy atom. The minimum atomic E-state index is -5.35. The molecule has 0 aromatic rings. The van der Waals surface area contributed by atoms with Gasteiger partial charge in [-0.1, -0.05) is 6.08 Å². The molecule has 0 aliphatic carbocycles. The van der Waals surface area contributed by atoms with Crippen molar-refractivity contribution in [3.63, 3.8) is 0 Å². The fourth-order valence-electron chi connectivity index (χ4n) is 0.651. The Bertz CT molecular complexity index is 385. The Balaban J connectivity index is 4.22. The average Bonchev–Trinajstić information content (AvgIpc) is 2.09. The summed E-state index contributed by atoms with van der Waals surface area (Å²) in [6.45, 7) is 0.743. The van der Waals surface area contributed by atoms with Crippen LogP contribution in [0.15, 0.2) is 11.6 Å². The van der Waals surface area contributed by atoms with E-state index in [1.807, 2.05) is 0 Å². The largest absolute Gasteiger partial charge is 0.511 e. The minimum absolute atomic E-state index is 0.0637. The van der Waals surface area contributed by atoms with Crippen molar-refractivity contribution in [2.45, 2.75) is 18.9 Å². The van der Waals surface area contributed by atoms with Crippen LogP contribution in [-0.2, 0) is 14.8 Å². The highest BCUT2D eigenvalue weighted by Crippen LogP contribution is 2.21. The second-order valence-electron chi connectivity index (χ2n) is 2.82. The molecule has 0 bridgehead atoms. The molecule has 0 radical (unpaired) electrons. The zero-order chi connectivity index (χ0) is 13.0. The average molecular weight is 261 g/mol. The molecule has 0 aliphatic heterocycles. The van der Waals surface area contributed by atoms with Crippen LogP contribution in [0.3, 0.4) is 0 Å². The molecule has 9 heteroatoms. The molecule has 0 heterocycles. The van der Waals surface area contributed by atoms with Crippen LogP contribution >= 0.6 is 0 Å². The quantitative estimate of drug-likeness (QED) is 0.567. The number of hydrogen-bond acceptors (Lipinski definition) is 3. The molecule has 0 saturated carbocycles. The van der Waals surface area contributed by atoms with Crippen LogP contribution in [0.2, 0.25) is 0 Å². The number of rotatable bonds is 5. The van der Waals surface area contributed by atoms with Gasteiger partial charge in [-0.2, -0.15) is 13.2 Å². The summed E-state index contributed by atoms with van der Waals surface area (Å²) in [6, 6.07) is 0. The molecule has 16 heavy (non-hydrogen) atoms. The lowest BCUT2D eigenvalue weighted by Gasteiger charge is -2.08. The Morgan fingerprint density at radius 1 is 1.44 bits per heavy atom. The molecule has 0 fully saturated rings. The van der Waals surface area contributed by atoms with Crippen LogP contribution in [0.4, 0.5) is 13.2 Å². The van der Waals surface area contributed by atoms with Crippen molar-refractivity contribution in [1.29, 1.82) is 0 Å². The number of carboxylic acids is 1. The topological polar surface area (TPSA) is 83.5 Å². The standard InChI is InChI=1S/C7H10F3NO4S/c1-5(6(12)13)3-2-4-11-16(14,15)7(8,9)10/h3,11H,2,4H2,1H3,(H,12,13)/b5-3+. The van der Waals surface area contributed by atoms with Crippen LogP contribution in [0.25, 0.3) is 0 Å². The Morgan fingerprint density at radius 2 is 1.94 bits per heavy atom. The summed E-state index contributed by atoms with van der Waals surface area (Å²) in [5.41, 5.74) is -5.41.